The van der Waals surface area contributed by atoms with Gasteiger partial charge in [0.25, 0.3) is 0 Å². The van der Waals surface area contributed by atoms with Crippen LogP contribution in [0, 0.1) is 0 Å². The molecule has 0 bridgehead atoms. The molecule has 0 amide bonds. The van der Waals surface area contributed by atoms with Gasteiger partial charge in [0, 0.05) is 4.70 Å². The molecular formula is C10H10ClNS. The Labute approximate surface area is 86.1 Å². The highest BCUT2D eigenvalue weighted by Crippen LogP contribution is 2.34. The molecule has 2 rings (SSSR count). The summed E-state index contributed by atoms with van der Waals surface area (Å²) in [6.45, 7) is 2.10. The highest BCUT2D eigenvalue weighted by atomic mass is 35.5. The summed E-state index contributed by atoms with van der Waals surface area (Å²) in [5.74, 6) is 0. The van der Waals surface area contributed by atoms with Gasteiger partial charge in [-0.15, -0.1) is 11.3 Å². The van der Waals surface area contributed by atoms with Crippen molar-refractivity contribution in [1.82, 2.24) is 0 Å². The third-order valence-electron chi connectivity index (χ3n) is 2.15. The van der Waals surface area contributed by atoms with Crippen molar-refractivity contribution >= 4 is 38.7 Å². The van der Waals surface area contributed by atoms with Crippen molar-refractivity contribution in [3.8, 4) is 0 Å². The van der Waals surface area contributed by atoms with E-state index in [0.29, 0.717) is 5.69 Å². The smallest absolute Gasteiger partial charge is 0.0681 e. The second kappa shape index (κ2) is 3.20. The lowest BCUT2D eigenvalue weighted by atomic mass is 10.1. The van der Waals surface area contributed by atoms with Gasteiger partial charge in [0.15, 0.2) is 0 Å². The summed E-state index contributed by atoms with van der Waals surface area (Å²) >= 11 is 7.83. The number of fused-ring (bicyclic) bond motifs is 1. The molecule has 1 aromatic carbocycles. The first kappa shape index (κ1) is 8.85. The highest BCUT2D eigenvalue weighted by molar-refractivity contribution is 7.17. The molecular weight excluding hydrogens is 202 g/mol. The Bertz CT molecular complexity index is 447. The van der Waals surface area contributed by atoms with Crippen LogP contribution in [0.25, 0.3) is 10.1 Å². The van der Waals surface area contributed by atoms with Gasteiger partial charge in [0.05, 0.1) is 10.7 Å². The highest BCUT2D eigenvalue weighted by Gasteiger charge is 2.08. The topological polar surface area (TPSA) is 26.0 Å². The van der Waals surface area contributed by atoms with Crippen LogP contribution in [-0.2, 0) is 6.42 Å². The predicted octanol–water partition coefficient (Wildman–Crippen LogP) is 3.70. The molecule has 68 valence electrons. The molecule has 0 fully saturated rings. The van der Waals surface area contributed by atoms with Crippen molar-refractivity contribution in [2.75, 3.05) is 5.73 Å². The molecule has 0 radical (unpaired) electrons. The van der Waals surface area contributed by atoms with Crippen molar-refractivity contribution in [3.05, 3.63) is 28.1 Å². The lowest BCUT2D eigenvalue weighted by Gasteiger charge is -2.05. The second-order valence-electron chi connectivity index (χ2n) is 2.95. The zero-order valence-corrected chi connectivity index (χ0v) is 8.88. The second-order valence-corrected chi connectivity index (χ2v) is 4.24. The number of halogens is 1. The monoisotopic (exact) mass is 211 g/mol. The summed E-state index contributed by atoms with van der Waals surface area (Å²) < 4.78 is 1.27. The van der Waals surface area contributed by atoms with Crippen LogP contribution in [0.3, 0.4) is 0 Å². The first-order valence-electron chi connectivity index (χ1n) is 4.18. The van der Waals surface area contributed by atoms with Crippen LogP contribution < -0.4 is 5.73 Å². The van der Waals surface area contributed by atoms with Crippen LogP contribution in [0.1, 0.15) is 12.5 Å². The van der Waals surface area contributed by atoms with Crippen LogP contribution >= 0.6 is 22.9 Å². The van der Waals surface area contributed by atoms with E-state index in [1.807, 2.05) is 6.07 Å². The number of aryl methyl sites for hydroxylation is 1. The Kier molecular flexibility index (Phi) is 2.18. The van der Waals surface area contributed by atoms with Crippen LogP contribution in [0.2, 0.25) is 5.02 Å². The number of thiophene rings is 1. The van der Waals surface area contributed by atoms with Crippen LogP contribution in [0.5, 0.6) is 0 Å². The molecule has 0 atom stereocenters. The summed E-state index contributed by atoms with van der Waals surface area (Å²) in [7, 11) is 0. The molecule has 13 heavy (non-hydrogen) atoms. The van der Waals surface area contributed by atoms with Gasteiger partial charge in [-0.05, 0) is 34.9 Å². The number of nitrogens with two attached hydrogens (primary N) is 1. The van der Waals surface area contributed by atoms with Gasteiger partial charge in [-0.1, -0.05) is 18.5 Å². The lowest BCUT2D eigenvalue weighted by Crippen LogP contribution is -1.91. The molecule has 0 saturated carbocycles. The van der Waals surface area contributed by atoms with E-state index in [0.717, 1.165) is 11.4 Å². The normalized spacial score (nSPS) is 10.9. The van der Waals surface area contributed by atoms with Crippen LogP contribution in [0.4, 0.5) is 5.69 Å². The largest absolute Gasteiger partial charge is 0.397 e. The number of rotatable bonds is 1. The fourth-order valence-corrected chi connectivity index (χ4v) is 2.84. The first-order chi connectivity index (χ1) is 6.24. The van der Waals surface area contributed by atoms with Gasteiger partial charge < -0.3 is 5.73 Å². The summed E-state index contributed by atoms with van der Waals surface area (Å²) in [5, 5.41) is 3.99. The zero-order valence-electron chi connectivity index (χ0n) is 7.30. The van der Waals surface area contributed by atoms with E-state index in [-0.39, 0.29) is 0 Å². The Morgan fingerprint density at radius 1 is 1.54 bits per heavy atom. The average Bonchev–Trinajstić information content (AvgIpc) is 2.54. The summed E-state index contributed by atoms with van der Waals surface area (Å²) in [6, 6.07) is 4.01. The van der Waals surface area contributed by atoms with Gasteiger partial charge in [-0.2, -0.15) is 0 Å². The number of hydrogen-bond acceptors (Lipinski definition) is 2. The third kappa shape index (κ3) is 1.30. The van der Waals surface area contributed by atoms with E-state index >= 15 is 0 Å². The molecule has 3 heteroatoms. The van der Waals surface area contributed by atoms with E-state index in [2.05, 4.69) is 18.4 Å². The fourth-order valence-electron chi connectivity index (χ4n) is 1.50. The number of hydrogen-bond donors (Lipinski definition) is 1. The van der Waals surface area contributed by atoms with E-state index in [4.69, 9.17) is 17.3 Å². The quantitative estimate of drug-likeness (QED) is 0.716. The van der Waals surface area contributed by atoms with Gasteiger partial charge in [0.1, 0.15) is 0 Å². The lowest BCUT2D eigenvalue weighted by molar-refractivity contribution is 1.17. The minimum Gasteiger partial charge on any atom is -0.397 e. The standard InChI is InChI=1S/C10H10ClNS/c1-2-7-9(11)8(12)5-6-3-4-13-10(6)7/h3-5H,2,12H2,1H3. The van der Waals surface area contributed by atoms with Crippen molar-refractivity contribution in [2.24, 2.45) is 0 Å². The number of nitrogen functional groups attached to an aromatic ring is 1. The molecule has 1 heterocycles. The molecule has 0 saturated heterocycles. The van der Waals surface area contributed by atoms with Gasteiger partial charge >= 0.3 is 0 Å². The maximum atomic E-state index is 6.11. The van der Waals surface area contributed by atoms with E-state index < -0.39 is 0 Å². The Balaban J connectivity index is 2.87. The number of anilines is 1. The maximum Gasteiger partial charge on any atom is 0.0681 e. The molecule has 0 unspecified atom stereocenters. The zero-order chi connectivity index (χ0) is 9.42. The third-order valence-corrected chi connectivity index (χ3v) is 3.59. The molecule has 0 spiro atoms. The fraction of sp³-hybridized carbons (Fsp3) is 0.200. The van der Waals surface area contributed by atoms with Gasteiger partial charge in [-0.3, -0.25) is 0 Å². The van der Waals surface area contributed by atoms with Gasteiger partial charge in [0.2, 0.25) is 0 Å². The van der Waals surface area contributed by atoms with Crippen molar-refractivity contribution in [1.29, 1.82) is 0 Å². The minimum atomic E-state index is 0.685. The van der Waals surface area contributed by atoms with E-state index in [1.54, 1.807) is 11.3 Å². The predicted molar refractivity (Wildman–Crippen MR) is 60.6 cm³/mol. The molecule has 1 nitrogen and oxygen atoms in total. The Morgan fingerprint density at radius 3 is 3.00 bits per heavy atom. The molecule has 0 aliphatic heterocycles. The summed E-state index contributed by atoms with van der Waals surface area (Å²) in [6.07, 6.45) is 0.931. The molecule has 0 aliphatic rings. The Morgan fingerprint density at radius 2 is 2.31 bits per heavy atom. The maximum absolute atomic E-state index is 6.11. The molecule has 2 aromatic rings. The van der Waals surface area contributed by atoms with E-state index in [9.17, 15) is 0 Å². The molecule has 2 N–H and O–H groups in total. The number of benzene rings is 1. The van der Waals surface area contributed by atoms with Crippen molar-refractivity contribution < 1.29 is 0 Å². The molecule has 0 aliphatic carbocycles. The van der Waals surface area contributed by atoms with Crippen molar-refractivity contribution in [3.63, 3.8) is 0 Å². The Hall–Kier alpha value is -0.730. The van der Waals surface area contributed by atoms with Gasteiger partial charge in [-0.25, -0.2) is 0 Å². The first-order valence-corrected chi connectivity index (χ1v) is 5.44. The molecule has 1 aromatic heterocycles. The van der Waals surface area contributed by atoms with E-state index in [1.165, 1.54) is 15.6 Å². The minimum absolute atomic E-state index is 0.685. The van der Waals surface area contributed by atoms with Crippen LogP contribution in [-0.4, -0.2) is 0 Å². The summed E-state index contributed by atoms with van der Waals surface area (Å²) in [5.41, 5.74) is 7.65. The average molecular weight is 212 g/mol. The van der Waals surface area contributed by atoms with Crippen molar-refractivity contribution in [2.45, 2.75) is 13.3 Å². The summed E-state index contributed by atoms with van der Waals surface area (Å²) in [4.78, 5) is 0. The SMILES string of the molecule is CCc1c(Cl)c(N)cc2ccsc12. The van der Waals surface area contributed by atoms with Crippen LogP contribution in [0.15, 0.2) is 17.5 Å².